The largest absolute Gasteiger partial charge is 0.306 e. The Bertz CT molecular complexity index is 545. The molecule has 0 aliphatic heterocycles. The van der Waals surface area contributed by atoms with Crippen molar-refractivity contribution in [2.75, 3.05) is 5.32 Å². The van der Waals surface area contributed by atoms with Gasteiger partial charge < -0.3 is 5.32 Å². The Balaban J connectivity index is 2.19. The van der Waals surface area contributed by atoms with Crippen LogP contribution in [-0.2, 0) is 0 Å². The van der Waals surface area contributed by atoms with Crippen molar-refractivity contribution >= 4 is 27.7 Å². The van der Waals surface area contributed by atoms with Crippen molar-refractivity contribution in [2.45, 2.75) is 0 Å². The molecule has 1 N–H and O–H groups in total. The van der Waals surface area contributed by atoms with Crippen molar-refractivity contribution in [3.05, 3.63) is 58.4 Å². The number of benzene rings is 1. The van der Waals surface area contributed by atoms with Crippen LogP contribution in [0.3, 0.4) is 0 Å². The van der Waals surface area contributed by atoms with Gasteiger partial charge in [0.25, 0.3) is 5.91 Å². The van der Waals surface area contributed by atoms with E-state index in [9.17, 15) is 9.18 Å². The van der Waals surface area contributed by atoms with Crippen LogP contribution in [0.1, 0.15) is 10.4 Å². The highest BCUT2D eigenvalue weighted by Crippen LogP contribution is 2.20. The molecule has 2 rings (SSSR count). The molecule has 0 unspecified atom stereocenters. The Morgan fingerprint density at radius 2 is 2.00 bits per heavy atom. The maximum atomic E-state index is 12.8. The number of hydrogen-bond acceptors (Lipinski definition) is 2. The van der Waals surface area contributed by atoms with Crippen LogP contribution in [0.2, 0.25) is 0 Å². The molecule has 0 atom stereocenters. The molecule has 0 saturated heterocycles. The third-order valence-electron chi connectivity index (χ3n) is 2.08. The van der Waals surface area contributed by atoms with E-state index in [0.717, 1.165) is 6.20 Å². The first-order valence-electron chi connectivity index (χ1n) is 4.84. The predicted molar refractivity (Wildman–Crippen MR) is 66.3 cm³/mol. The zero-order valence-corrected chi connectivity index (χ0v) is 10.2. The third kappa shape index (κ3) is 2.88. The lowest BCUT2D eigenvalue weighted by molar-refractivity contribution is 0.102. The number of amides is 1. The number of rotatable bonds is 2. The van der Waals surface area contributed by atoms with Crippen LogP contribution in [0, 0.1) is 5.82 Å². The van der Waals surface area contributed by atoms with Crippen molar-refractivity contribution in [1.82, 2.24) is 4.98 Å². The minimum atomic E-state index is -0.463. The summed E-state index contributed by atoms with van der Waals surface area (Å²) >= 11 is 3.13. The van der Waals surface area contributed by atoms with Crippen molar-refractivity contribution in [3.8, 4) is 0 Å². The van der Waals surface area contributed by atoms with Crippen LogP contribution in [0.15, 0.2) is 47.1 Å². The maximum Gasteiger partial charge on any atom is 0.256 e. The molecule has 1 heterocycles. The van der Waals surface area contributed by atoms with E-state index in [4.69, 9.17) is 0 Å². The number of hydrogen-bond donors (Lipinski definition) is 1. The van der Waals surface area contributed by atoms with Crippen molar-refractivity contribution in [2.24, 2.45) is 0 Å². The zero-order valence-electron chi connectivity index (χ0n) is 8.65. The molecular weight excluding hydrogens is 287 g/mol. The summed E-state index contributed by atoms with van der Waals surface area (Å²) in [7, 11) is 0. The standard InChI is InChI=1S/C12H8BrFN2O/c13-10-6-9(14)7-15-11(10)16-12(17)8-4-2-1-3-5-8/h1-7H,(H,15,16,17). The number of aromatic nitrogens is 1. The minimum absolute atomic E-state index is 0.287. The summed E-state index contributed by atoms with van der Waals surface area (Å²) < 4.78 is 13.2. The second kappa shape index (κ2) is 5.05. The first-order chi connectivity index (χ1) is 8.16. The normalized spacial score (nSPS) is 10.0. The van der Waals surface area contributed by atoms with Crippen LogP contribution in [0.5, 0.6) is 0 Å². The first-order valence-corrected chi connectivity index (χ1v) is 5.63. The Hall–Kier alpha value is -1.75. The second-order valence-corrected chi connectivity index (χ2v) is 4.16. The van der Waals surface area contributed by atoms with Crippen LogP contribution >= 0.6 is 15.9 Å². The average molecular weight is 295 g/mol. The third-order valence-corrected chi connectivity index (χ3v) is 2.68. The molecule has 17 heavy (non-hydrogen) atoms. The van der Waals surface area contributed by atoms with Gasteiger partial charge >= 0.3 is 0 Å². The molecule has 0 bridgehead atoms. The topological polar surface area (TPSA) is 42.0 Å². The smallest absolute Gasteiger partial charge is 0.256 e. The summed E-state index contributed by atoms with van der Waals surface area (Å²) in [5.74, 6) is -0.458. The van der Waals surface area contributed by atoms with E-state index in [1.54, 1.807) is 24.3 Å². The lowest BCUT2D eigenvalue weighted by Crippen LogP contribution is -2.13. The first kappa shape index (κ1) is 11.7. The lowest BCUT2D eigenvalue weighted by Gasteiger charge is -2.05. The van der Waals surface area contributed by atoms with Crippen LogP contribution in [0.25, 0.3) is 0 Å². The molecular formula is C12H8BrFN2O. The Kier molecular flexibility index (Phi) is 3.49. The summed E-state index contributed by atoms with van der Waals surface area (Å²) in [5, 5.41) is 2.59. The van der Waals surface area contributed by atoms with E-state index in [-0.39, 0.29) is 5.91 Å². The van der Waals surface area contributed by atoms with E-state index in [1.807, 2.05) is 6.07 Å². The lowest BCUT2D eigenvalue weighted by atomic mass is 10.2. The predicted octanol–water partition coefficient (Wildman–Crippen LogP) is 3.24. The molecule has 0 radical (unpaired) electrons. The van der Waals surface area contributed by atoms with Crippen LogP contribution < -0.4 is 5.32 Å². The van der Waals surface area contributed by atoms with Crippen LogP contribution in [0.4, 0.5) is 10.2 Å². The highest BCUT2D eigenvalue weighted by Gasteiger charge is 2.09. The van der Waals surface area contributed by atoms with Gasteiger partial charge in [0.15, 0.2) is 0 Å². The molecule has 1 aromatic carbocycles. The summed E-state index contributed by atoms with van der Waals surface area (Å²) in [6, 6.07) is 9.97. The van der Waals surface area contributed by atoms with Crippen LogP contribution in [-0.4, -0.2) is 10.9 Å². The van der Waals surface area contributed by atoms with Gasteiger partial charge in [-0.15, -0.1) is 0 Å². The van der Waals surface area contributed by atoms with Gasteiger partial charge in [0.1, 0.15) is 11.6 Å². The maximum absolute atomic E-state index is 12.8. The summed E-state index contributed by atoms with van der Waals surface area (Å²) in [5.41, 5.74) is 0.519. The Morgan fingerprint density at radius 1 is 1.29 bits per heavy atom. The number of nitrogens with zero attached hydrogens (tertiary/aromatic N) is 1. The van der Waals surface area contributed by atoms with Crippen molar-refractivity contribution in [1.29, 1.82) is 0 Å². The fourth-order valence-corrected chi connectivity index (χ4v) is 1.70. The molecule has 2 aromatic rings. The molecule has 0 aliphatic carbocycles. The number of halogens is 2. The summed E-state index contributed by atoms with van der Waals surface area (Å²) in [6.45, 7) is 0. The van der Waals surface area contributed by atoms with Gasteiger partial charge in [0, 0.05) is 5.56 Å². The van der Waals surface area contributed by atoms with E-state index in [1.165, 1.54) is 6.07 Å². The van der Waals surface area contributed by atoms with E-state index in [2.05, 4.69) is 26.2 Å². The van der Waals surface area contributed by atoms with Gasteiger partial charge in [-0.1, -0.05) is 18.2 Å². The van der Waals surface area contributed by atoms with Gasteiger partial charge in [-0.3, -0.25) is 4.79 Å². The highest BCUT2D eigenvalue weighted by atomic mass is 79.9. The molecule has 86 valence electrons. The van der Waals surface area contributed by atoms with E-state index >= 15 is 0 Å². The number of anilines is 1. The van der Waals surface area contributed by atoms with Gasteiger partial charge in [-0.25, -0.2) is 9.37 Å². The Morgan fingerprint density at radius 3 is 2.65 bits per heavy atom. The molecule has 0 aliphatic rings. The van der Waals surface area contributed by atoms with E-state index < -0.39 is 5.82 Å². The Labute approximate surface area is 106 Å². The molecule has 0 fully saturated rings. The number of carbonyl (C=O) groups is 1. The van der Waals surface area contributed by atoms with Gasteiger partial charge in [0.05, 0.1) is 10.7 Å². The molecule has 1 amide bonds. The summed E-state index contributed by atoms with van der Waals surface area (Å²) in [4.78, 5) is 15.6. The summed E-state index contributed by atoms with van der Waals surface area (Å²) in [6.07, 6.45) is 1.05. The number of pyridine rings is 1. The second-order valence-electron chi connectivity index (χ2n) is 3.30. The minimum Gasteiger partial charge on any atom is -0.306 e. The number of nitrogens with one attached hydrogen (secondary N) is 1. The van der Waals surface area contributed by atoms with Crippen molar-refractivity contribution < 1.29 is 9.18 Å². The van der Waals surface area contributed by atoms with Gasteiger partial charge in [-0.2, -0.15) is 0 Å². The fourth-order valence-electron chi connectivity index (χ4n) is 1.28. The fraction of sp³-hybridized carbons (Fsp3) is 0. The highest BCUT2D eigenvalue weighted by molar-refractivity contribution is 9.10. The van der Waals surface area contributed by atoms with Gasteiger partial charge in [0.2, 0.25) is 0 Å². The molecule has 1 aromatic heterocycles. The monoisotopic (exact) mass is 294 g/mol. The molecule has 5 heteroatoms. The number of carbonyl (C=O) groups excluding carboxylic acids is 1. The van der Waals surface area contributed by atoms with E-state index in [0.29, 0.717) is 15.9 Å². The molecule has 0 saturated carbocycles. The zero-order chi connectivity index (χ0) is 12.3. The SMILES string of the molecule is O=C(Nc1ncc(F)cc1Br)c1ccccc1. The molecule has 0 spiro atoms. The quantitative estimate of drug-likeness (QED) is 0.924. The average Bonchev–Trinajstić information content (AvgIpc) is 2.34. The van der Waals surface area contributed by atoms with Gasteiger partial charge in [-0.05, 0) is 34.1 Å². The molecule has 3 nitrogen and oxygen atoms in total. The van der Waals surface area contributed by atoms with Crippen molar-refractivity contribution in [3.63, 3.8) is 0 Å².